The molecule has 0 aliphatic carbocycles. The molecule has 0 bridgehead atoms. The van der Waals surface area contributed by atoms with E-state index in [4.69, 9.17) is 0 Å². The number of benzene rings is 1. The van der Waals surface area contributed by atoms with Crippen LogP contribution in [0.15, 0.2) is 24.3 Å². The summed E-state index contributed by atoms with van der Waals surface area (Å²) in [5.74, 6) is 0.322. The average Bonchev–Trinajstić information content (AvgIpc) is 2.59. The fraction of sp³-hybridized carbons (Fsp3) is 0.579. The van der Waals surface area contributed by atoms with Crippen molar-refractivity contribution in [2.75, 3.05) is 25.0 Å². The molecule has 5 nitrogen and oxygen atoms in total. The molecule has 134 valence electrons. The number of nitrogens with one attached hydrogen (secondary N) is 3. The summed E-state index contributed by atoms with van der Waals surface area (Å²) in [6.45, 7) is 11.7. The van der Waals surface area contributed by atoms with E-state index in [1.54, 1.807) is 0 Å². The summed E-state index contributed by atoms with van der Waals surface area (Å²) in [5, 5.41) is 5.85. The molecule has 1 unspecified atom stereocenters. The van der Waals surface area contributed by atoms with E-state index >= 15 is 0 Å². The molecule has 1 aromatic carbocycles. The number of likely N-dealkylation sites (N-methyl/N-ethyl adjacent to an activating group) is 2. The third-order valence-electron chi connectivity index (χ3n) is 4.58. The number of carbonyl (C=O) groups is 2. The number of quaternary nitrogens is 1. The second-order valence-corrected chi connectivity index (χ2v) is 6.25. The molecule has 3 atom stereocenters. The lowest BCUT2D eigenvalue weighted by atomic mass is 9.97. The third kappa shape index (κ3) is 5.64. The zero-order valence-electron chi connectivity index (χ0n) is 15.6. The smallest absolute Gasteiger partial charge is 0.282 e. The van der Waals surface area contributed by atoms with Crippen LogP contribution in [0.4, 0.5) is 5.69 Å². The van der Waals surface area contributed by atoms with Crippen molar-refractivity contribution in [2.45, 2.75) is 53.0 Å². The van der Waals surface area contributed by atoms with Gasteiger partial charge in [0.05, 0.1) is 6.54 Å². The molecule has 0 aromatic heterocycles. The van der Waals surface area contributed by atoms with Crippen LogP contribution in [-0.2, 0) is 9.59 Å². The zero-order chi connectivity index (χ0) is 18.1. The van der Waals surface area contributed by atoms with Gasteiger partial charge in [-0.15, -0.1) is 0 Å². The predicted molar refractivity (Wildman–Crippen MR) is 98.3 cm³/mol. The number of carbonyl (C=O) groups excluding carboxylic acids is 2. The van der Waals surface area contributed by atoms with Gasteiger partial charge in [-0.05, 0) is 44.7 Å². The van der Waals surface area contributed by atoms with Crippen LogP contribution >= 0.6 is 0 Å². The molecule has 0 aliphatic heterocycles. The Morgan fingerprint density at radius 2 is 1.79 bits per heavy atom. The highest BCUT2D eigenvalue weighted by Gasteiger charge is 2.26. The van der Waals surface area contributed by atoms with E-state index in [2.05, 4.69) is 30.5 Å². The second kappa shape index (κ2) is 10.1. The largest absolute Gasteiger partial charge is 0.351 e. The number of hydrogen-bond donors (Lipinski definition) is 3. The highest BCUT2D eigenvalue weighted by atomic mass is 16.2. The molecular weight excluding hydrogens is 302 g/mol. The first-order chi connectivity index (χ1) is 11.4. The van der Waals surface area contributed by atoms with Gasteiger partial charge >= 0.3 is 0 Å². The van der Waals surface area contributed by atoms with Crippen LogP contribution in [-0.4, -0.2) is 37.5 Å². The Bertz CT molecular complexity index is 545. The van der Waals surface area contributed by atoms with Crippen molar-refractivity contribution < 1.29 is 14.5 Å². The number of para-hydroxylation sites is 1. The van der Waals surface area contributed by atoms with Crippen molar-refractivity contribution in [3.05, 3.63) is 29.8 Å². The van der Waals surface area contributed by atoms with Gasteiger partial charge in [0.15, 0.2) is 12.6 Å². The Morgan fingerprint density at radius 3 is 2.38 bits per heavy atom. The van der Waals surface area contributed by atoms with Gasteiger partial charge in [0.25, 0.3) is 11.8 Å². The van der Waals surface area contributed by atoms with Crippen LogP contribution < -0.4 is 15.5 Å². The van der Waals surface area contributed by atoms with Gasteiger partial charge < -0.3 is 15.5 Å². The van der Waals surface area contributed by atoms with Crippen LogP contribution in [0.25, 0.3) is 0 Å². The molecule has 2 amide bonds. The molecule has 5 heteroatoms. The van der Waals surface area contributed by atoms with Gasteiger partial charge in [-0.2, -0.15) is 0 Å². The van der Waals surface area contributed by atoms with Crippen molar-refractivity contribution in [3.8, 4) is 0 Å². The standard InChI is InChI=1S/C19H31N3O2/c1-6-14(4)16-11-9-10-12-17(16)21-19(24)15(5)22(8-3)13-18(23)20-7-2/h9-12,14-15H,6-8,13H2,1-5H3,(H,20,23)(H,21,24)/p+1/t14-,15-/m0/s1. The third-order valence-corrected chi connectivity index (χ3v) is 4.58. The van der Waals surface area contributed by atoms with Gasteiger partial charge in [-0.25, -0.2) is 0 Å². The summed E-state index contributed by atoms with van der Waals surface area (Å²) in [4.78, 5) is 25.4. The van der Waals surface area contributed by atoms with E-state index in [0.717, 1.165) is 29.1 Å². The Labute approximate surface area is 145 Å². The molecule has 24 heavy (non-hydrogen) atoms. The fourth-order valence-electron chi connectivity index (χ4n) is 2.74. The minimum Gasteiger partial charge on any atom is -0.351 e. The summed E-state index contributed by atoms with van der Waals surface area (Å²) < 4.78 is 0. The Morgan fingerprint density at radius 1 is 1.12 bits per heavy atom. The van der Waals surface area contributed by atoms with Crippen molar-refractivity contribution >= 4 is 17.5 Å². The first kappa shape index (κ1) is 20.2. The summed E-state index contributed by atoms with van der Waals surface area (Å²) in [6, 6.07) is 7.65. The topological polar surface area (TPSA) is 62.6 Å². The molecule has 0 saturated heterocycles. The molecule has 0 saturated carbocycles. The number of rotatable bonds is 9. The van der Waals surface area contributed by atoms with Crippen molar-refractivity contribution in [3.63, 3.8) is 0 Å². The molecule has 1 rings (SSSR count). The monoisotopic (exact) mass is 334 g/mol. The quantitative estimate of drug-likeness (QED) is 0.642. The Balaban J connectivity index is 2.81. The minimum atomic E-state index is -0.289. The summed E-state index contributed by atoms with van der Waals surface area (Å²) >= 11 is 0. The number of amides is 2. The van der Waals surface area contributed by atoms with Crippen LogP contribution in [0.2, 0.25) is 0 Å². The molecule has 1 aromatic rings. The number of hydrogen-bond acceptors (Lipinski definition) is 2. The van der Waals surface area contributed by atoms with Crippen LogP contribution in [0.3, 0.4) is 0 Å². The maximum Gasteiger partial charge on any atom is 0.282 e. The summed E-state index contributed by atoms with van der Waals surface area (Å²) in [5.41, 5.74) is 2.03. The maximum atomic E-state index is 12.7. The fourth-order valence-corrected chi connectivity index (χ4v) is 2.74. The lowest BCUT2D eigenvalue weighted by molar-refractivity contribution is -0.904. The SMILES string of the molecule is CCNC(=O)C[NH+](CC)[C@@H](C)C(=O)Nc1ccccc1[C@@H](C)CC. The highest BCUT2D eigenvalue weighted by molar-refractivity contribution is 5.94. The predicted octanol–water partition coefficient (Wildman–Crippen LogP) is 1.57. The van der Waals surface area contributed by atoms with Crippen molar-refractivity contribution in [1.82, 2.24) is 5.32 Å². The van der Waals surface area contributed by atoms with Gasteiger partial charge in [0.1, 0.15) is 0 Å². The van der Waals surface area contributed by atoms with E-state index in [-0.39, 0.29) is 17.9 Å². The Kier molecular flexibility index (Phi) is 8.47. The lowest BCUT2D eigenvalue weighted by Crippen LogP contribution is -3.17. The Hall–Kier alpha value is -1.88. The van der Waals surface area contributed by atoms with Gasteiger partial charge in [0.2, 0.25) is 0 Å². The highest BCUT2D eigenvalue weighted by Crippen LogP contribution is 2.26. The molecule has 0 spiro atoms. The molecular formula is C19H32N3O2+. The average molecular weight is 334 g/mol. The van der Waals surface area contributed by atoms with E-state index < -0.39 is 0 Å². The van der Waals surface area contributed by atoms with Crippen molar-refractivity contribution in [2.24, 2.45) is 0 Å². The zero-order valence-corrected chi connectivity index (χ0v) is 15.6. The normalized spacial score (nSPS) is 14.5. The molecule has 0 fully saturated rings. The van der Waals surface area contributed by atoms with E-state index in [1.165, 1.54) is 0 Å². The maximum absolute atomic E-state index is 12.7. The molecule has 0 radical (unpaired) electrons. The van der Waals surface area contributed by atoms with Gasteiger partial charge in [-0.3, -0.25) is 9.59 Å². The van der Waals surface area contributed by atoms with Crippen LogP contribution in [0.1, 0.15) is 52.5 Å². The summed E-state index contributed by atoms with van der Waals surface area (Å²) in [6.07, 6.45) is 1.02. The molecule has 0 aliphatic rings. The number of anilines is 1. The second-order valence-electron chi connectivity index (χ2n) is 6.25. The van der Waals surface area contributed by atoms with Crippen LogP contribution in [0, 0.1) is 0 Å². The molecule has 3 N–H and O–H groups in total. The van der Waals surface area contributed by atoms with Crippen LogP contribution in [0.5, 0.6) is 0 Å². The van der Waals surface area contributed by atoms with E-state index in [1.807, 2.05) is 39.0 Å². The van der Waals surface area contributed by atoms with Gasteiger partial charge in [0, 0.05) is 12.2 Å². The lowest BCUT2D eigenvalue weighted by Gasteiger charge is -2.24. The first-order valence-electron chi connectivity index (χ1n) is 8.95. The minimum absolute atomic E-state index is 0.0194. The van der Waals surface area contributed by atoms with E-state index in [9.17, 15) is 9.59 Å². The van der Waals surface area contributed by atoms with Crippen molar-refractivity contribution in [1.29, 1.82) is 0 Å². The van der Waals surface area contributed by atoms with Gasteiger partial charge in [-0.1, -0.05) is 32.0 Å². The summed E-state index contributed by atoms with van der Waals surface area (Å²) in [7, 11) is 0. The van der Waals surface area contributed by atoms with E-state index in [0.29, 0.717) is 19.0 Å². The first-order valence-corrected chi connectivity index (χ1v) is 8.95. The molecule has 0 heterocycles.